The molecule has 3 rings (SSSR count). The van der Waals surface area contributed by atoms with Gasteiger partial charge in [0.1, 0.15) is 0 Å². The molecule has 24 heavy (non-hydrogen) atoms. The first-order chi connectivity index (χ1) is 11.6. The minimum absolute atomic E-state index is 0.0529. The summed E-state index contributed by atoms with van der Waals surface area (Å²) in [7, 11) is 0. The molecule has 4 nitrogen and oxygen atoms in total. The van der Waals surface area contributed by atoms with Gasteiger partial charge in [0.25, 0.3) is 0 Å². The maximum absolute atomic E-state index is 12.5. The lowest BCUT2D eigenvalue weighted by atomic mass is 10.2. The van der Waals surface area contributed by atoms with Gasteiger partial charge in [-0.1, -0.05) is 48.5 Å². The zero-order chi connectivity index (χ0) is 17.1. The highest BCUT2D eigenvalue weighted by Gasteiger charge is 2.20. The van der Waals surface area contributed by atoms with E-state index in [2.05, 4.69) is 15.3 Å². The van der Waals surface area contributed by atoms with Gasteiger partial charge in [-0.05, 0) is 43.2 Å². The van der Waals surface area contributed by atoms with Gasteiger partial charge >= 0.3 is 0 Å². The molecule has 0 radical (unpaired) electrons. The predicted octanol–water partition coefficient (Wildman–Crippen LogP) is 5.03. The number of rotatable bonds is 5. The number of aromatic nitrogens is 2. The van der Waals surface area contributed by atoms with Gasteiger partial charge in [-0.2, -0.15) is 0 Å². The van der Waals surface area contributed by atoms with E-state index in [1.54, 1.807) is 6.07 Å². The average molecular weight is 360 g/mol. The van der Waals surface area contributed by atoms with E-state index >= 15 is 0 Å². The Morgan fingerprint density at radius 2 is 2.12 bits per heavy atom. The summed E-state index contributed by atoms with van der Waals surface area (Å²) in [5.41, 5.74) is 3.57. The molecule has 0 aliphatic heterocycles. The van der Waals surface area contributed by atoms with Crippen LogP contribution < -0.4 is 5.32 Å². The van der Waals surface area contributed by atoms with Crippen LogP contribution in [0.5, 0.6) is 0 Å². The van der Waals surface area contributed by atoms with Crippen molar-refractivity contribution >= 4 is 46.0 Å². The molecule has 0 spiro atoms. The number of fused-ring (bicyclic) bond motifs is 1. The number of halogens is 1. The van der Waals surface area contributed by atoms with E-state index < -0.39 is 0 Å². The molecule has 2 N–H and O–H groups in total. The SMILES string of the molecule is CCC(Sc1nc2ccccc2[nH]1)C(=O)Nc1ccc(C)c(Cl)c1. The maximum atomic E-state index is 12.5. The normalized spacial score (nSPS) is 12.3. The molecule has 1 unspecified atom stereocenters. The van der Waals surface area contributed by atoms with Gasteiger partial charge in [-0.15, -0.1) is 0 Å². The van der Waals surface area contributed by atoms with Crippen molar-refractivity contribution in [2.24, 2.45) is 0 Å². The molecular formula is C18H18ClN3OS. The minimum atomic E-state index is -0.231. The number of amides is 1. The number of imidazole rings is 1. The fourth-order valence-electron chi connectivity index (χ4n) is 2.34. The van der Waals surface area contributed by atoms with Crippen LogP contribution in [-0.4, -0.2) is 21.1 Å². The molecule has 0 fully saturated rings. The van der Waals surface area contributed by atoms with Crippen molar-refractivity contribution in [2.45, 2.75) is 30.7 Å². The van der Waals surface area contributed by atoms with Crippen LogP contribution >= 0.6 is 23.4 Å². The first-order valence-electron chi connectivity index (χ1n) is 7.75. The van der Waals surface area contributed by atoms with Gasteiger partial charge in [-0.25, -0.2) is 4.98 Å². The third kappa shape index (κ3) is 3.74. The lowest BCUT2D eigenvalue weighted by Crippen LogP contribution is -2.24. The minimum Gasteiger partial charge on any atom is -0.333 e. The van der Waals surface area contributed by atoms with Gasteiger partial charge in [-0.3, -0.25) is 4.79 Å². The number of hydrogen-bond donors (Lipinski definition) is 2. The third-order valence-corrected chi connectivity index (χ3v) is 5.38. The molecule has 1 amide bonds. The highest BCUT2D eigenvalue weighted by atomic mass is 35.5. The van der Waals surface area contributed by atoms with Crippen LogP contribution in [0.4, 0.5) is 5.69 Å². The number of benzene rings is 2. The fourth-order valence-corrected chi connectivity index (χ4v) is 3.44. The lowest BCUT2D eigenvalue weighted by Gasteiger charge is -2.13. The van der Waals surface area contributed by atoms with Gasteiger partial charge in [0, 0.05) is 10.7 Å². The first kappa shape index (κ1) is 16.9. The molecule has 0 saturated heterocycles. The summed E-state index contributed by atoms with van der Waals surface area (Å²) in [6.45, 7) is 3.92. The number of thioether (sulfide) groups is 1. The summed E-state index contributed by atoms with van der Waals surface area (Å²) >= 11 is 7.55. The maximum Gasteiger partial charge on any atom is 0.237 e. The molecule has 2 aromatic carbocycles. The van der Waals surface area contributed by atoms with Crippen LogP contribution in [0.2, 0.25) is 5.02 Å². The average Bonchev–Trinajstić information content (AvgIpc) is 2.98. The van der Waals surface area contributed by atoms with E-state index in [0.717, 1.165) is 21.8 Å². The summed E-state index contributed by atoms with van der Waals surface area (Å²) in [6, 6.07) is 13.4. The Labute approximate surface area is 150 Å². The van der Waals surface area contributed by atoms with Crippen molar-refractivity contribution < 1.29 is 4.79 Å². The second-order valence-electron chi connectivity index (χ2n) is 5.53. The Bertz CT molecular complexity index is 845. The number of H-pyrrole nitrogens is 1. The fraction of sp³-hybridized carbons (Fsp3) is 0.222. The Morgan fingerprint density at radius 1 is 1.33 bits per heavy atom. The highest BCUT2D eigenvalue weighted by molar-refractivity contribution is 8.00. The van der Waals surface area contributed by atoms with Gasteiger partial charge in [0.05, 0.1) is 16.3 Å². The molecule has 0 saturated carbocycles. The van der Waals surface area contributed by atoms with Crippen molar-refractivity contribution in [3.63, 3.8) is 0 Å². The monoisotopic (exact) mass is 359 g/mol. The van der Waals surface area contributed by atoms with Gasteiger partial charge < -0.3 is 10.3 Å². The quantitative estimate of drug-likeness (QED) is 0.628. The van der Waals surface area contributed by atoms with E-state index in [1.165, 1.54) is 11.8 Å². The number of aryl methyl sites for hydroxylation is 1. The zero-order valence-corrected chi connectivity index (χ0v) is 15.0. The largest absolute Gasteiger partial charge is 0.333 e. The molecule has 1 aromatic heterocycles. The summed E-state index contributed by atoms with van der Waals surface area (Å²) in [4.78, 5) is 20.3. The highest BCUT2D eigenvalue weighted by Crippen LogP contribution is 2.27. The van der Waals surface area contributed by atoms with Crippen LogP contribution in [0.3, 0.4) is 0 Å². The van der Waals surface area contributed by atoms with E-state index in [0.29, 0.717) is 17.1 Å². The summed E-state index contributed by atoms with van der Waals surface area (Å²) in [5.74, 6) is -0.0529. The Morgan fingerprint density at radius 3 is 2.83 bits per heavy atom. The third-order valence-electron chi connectivity index (χ3n) is 3.72. The molecule has 0 bridgehead atoms. The number of carbonyl (C=O) groups is 1. The van der Waals surface area contributed by atoms with E-state index in [4.69, 9.17) is 11.6 Å². The smallest absolute Gasteiger partial charge is 0.237 e. The van der Waals surface area contributed by atoms with E-state index in [1.807, 2.05) is 50.2 Å². The zero-order valence-electron chi connectivity index (χ0n) is 13.5. The molecule has 3 aromatic rings. The van der Waals surface area contributed by atoms with Crippen molar-refractivity contribution in [1.82, 2.24) is 9.97 Å². The number of para-hydroxylation sites is 2. The van der Waals surface area contributed by atoms with Crippen LogP contribution in [-0.2, 0) is 4.79 Å². The van der Waals surface area contributed by atoms with E-state index in [9.17, 15) is 4.79 Å². The van der Waals surface area contributed by atoms with Crippen molar-refractivity contribution in [1.29, 1.82) is 0 Å². The number of hydrogen-bond acceptors (Lipinski definition) is 3. The van der Waals surface area contributed by atoms with Crippen LogP contribution in [0.25, 0.3) is 11.0 Å². The lowest BCUT2D eigenvalue weighted by molar-refractivity contribution is -0.115. The van der Waals surface area contributed by atoms with Crippen molar-refractivity contribution in [2.75, 3.05) is 5.32 Å². The summed E-state index contributed by atoms with van der Waals surface area (Å²) in [6.07, 6.45) is 0.702. The van der Waals surface area contributed by atoms with Crippen LogP contribution in [0, 0.1) is 6.92 Å². The predicted molar refractivity (Wildman–Crippen MR) is 101 cm³/mol. The summed E-state index contributed by atoms with van der Waals surface area (Å²) < 4.78 is 0. The summed E-state index contributed by atoms with van der Waals surface area (Å²) in [5, 5.41) is 4.09. The Kier molecular flexibility index (Phi) is 5.11. The second-order valence-corrected chi connectivity index (χ2v) is 7.13. The number of aromatic amines is 1. The topological polar surface area (TPSA) is 57.8 Å². The molecule has 1 heterocycles. The number of carbonyl (C=O) groups excluding carboxylic acids is 1. The van der Waals surface area contributed by atoms with Crippen molar-refractivity contribution in [3.8, 4) is 0 Å². The van der Waals surface area contributed by atoms with Crippen molar-refractivity contribution in [3.05, 3.63) is 53.1 Å². The molecule has 1 atom stereocenters. The van der Waals surface area contributed by atoms with Crippen LogP contribution in [0.1, 0.15) is 18.9 Å². The van der Waals surface area contributed by atoms with Gasteiger partial charge in [0.2, 0.25) is 5.91 Å². The van der Waals surface area contributed by atoms with E-state index in [-0.39, 0.29) is 11.2 Å². The standard InChI is InChI=1S/C18H18ClN3OS/c1-3-16(17(23)20-12-9-8-11(2)13(19)10-12)24-18-21-14-6-4-5-7-15(14)22-18/h4-10,16H,3H2,1-2H3,(H,20,23)(H,21,22). The number of nitrogens with one attached hydrogen (secondary N) is 2. The van der Waals surface area contributed by atoms with Crippen LogP contribution in [0.15, 0.2) is 47.6 Å². The van der Waals surface area contributed by atoms with Gasteiger partial charge in [0.15, 0.2) is 5.16 Å². The molecule has 0 aliphatic rings. The Balaban J connectivity index is 1.72. The second kappa shape index (κ2) is 7.28. The Hall–Kier alpha value is -1.98. The molecule has 0 aliphatic carbocycles. The molecule has 6 heteroatoms. The molecule has 124 valence electrons. The number of nitrogens with zero attached hydrogens (tertiary/aromatic N) is 1. The molecular weight excluding hydrogens is 342 g/mol. The number of anilines is 1. The first-order valence-corrected chi connectivity index (χ1v) is 9.01.